The van der Waals surface area contributed by atoms with Gasteiger partial charge >= 0.3 is 0 Å². The van der Waals surface area contributed by atoms with Crippen LogP contribution in [0, 0.1) is 5.92 Å². The molecule has 0 saturated carbocycles. The van der Waals surface area contributed by atoms with Crippen LogP contribution in [-0.4, -0.2) is 64.3 Å². The summed E-state index contributed by atoms with van der Waals surface area (Å²) in [5, 5.41) is 2.89. The highest BCUT2D eigenvalue weighted by molar-refractivity contribution is 5.83. The van der Waals surface area contributed by atoms with Crippen molar-refractivity contribution in [3.8, 4) is 11.5 Å². The zero-order valence-corrected chi connectivity index (χ0v) is 15.9. The summed E-state index contributed by atoms with van der Waals surface area (Å²) in [5.74, 6) is 0.693. The number of nitrogens with one attached hydrogen (secondary N) is 1. The molecule has 1 heterocycles. The van der Waals surface area contributed by atoms with Crippen LogP contribution in [0.2, 0.25) is 0 Å². The molecule has 0 bridgehead atoms. The van der Waals surface area contributed by atoms with Gasteiger partial charge in [0.05, 0.1) is 26.7 Å². The van der Waals surface area contributed by atoms with Crippen LogP contribution in [0.1, 0.15) is 24.8 Å². The highest BCUT2D eigenvalue weighted by Crippen LogP contribution is 2.42. The molecule has 1 aromatic carbocycles. The van der Waals surface area contributed by atoms with Crippen LogP contribution >= 0.6 is 0 Å². The lowest BCUT2D eigenvalue weighted by Gasteiger charge is -2.21. The summed E-state index contributed by atoms with van der Waals surface area (Å²) < 4.78 is 15.9. The van der Waals surface area contributed by atoms with Crippen molar-refractivity contribution in [2.45, 2.75) is 19.3 Å². The van der Waals surface area contributed by atoms with Gasteiger partial charge in [-0.1, -0.05) is 19.1 Å². The maximum Gasteiger partial charge on any atom is 0.225 e. The third-order valence-electron chi connectivity index (χ3n) is 4.75. The van der Waals surface area contributed by atoms with E-state index in [4.69, 9.17) is 14.2 Å². The molecule has 0 unspecified atom stereocenters. The van der Waals surface area contributed by atoms with Gasteiger partial charge in [0.25, 0.3) is 0 Å². The quantitative estimate of drug-likeness (QED) is 0.706. The van der Waals surface area contributed by atoms with Gasteiger partial charge in [0.2, 0.25) is 11.8 Å². The van der Waals surface area contributed by atoms with Crippen LogP contribution in [0.15, 0.2) is 18.2 Å². The fraction of sp³-hybridized carbons (Fsp3) is 0.579. The normalized spacial score (nSPS) is 19.3. The van der Waals surface area contributed by atoms with E-state index in [1.165, 1.54) is 0 Å². The lowest BCUT2D eigenvalue weighted by Crippen LogP contribution is -2.37. The van der Waals surface area contributed by atoms with E-state index in [0.717, 1.165) is 5.56 Å². The minimum atomic E-state index is -0.344. The van der Waals surface area contributed by atoms with E-state index >= 15 is 0 Å². The van der Waals surface area contributed by atoms with Crippen LogP contribution in [0.5, 0.6) is 11.5 Å². The molecule has 1 aliphatic rings. The monoisotopic (exact) mass is 364 g/mol. The van der Waals surface area contributed by atoms with Crippen LogP contribution in [-0.2, 0) is 14.3 Å². The number of nitrogens with zero attached hydrogens (tertiary/aromatic N) is 1. The minimum absolute atomic E-state index is 0.0454. The zero-order valence-electron chi connectivity index (χ0n) is 15.9. The Hall–Kier alpha value is -2.28. The van der Waals surface area contributed by atoms with Gasteiger partial charge in [-0.05, 0) is 6.07 Å². The van der Waals surface area contributed by atoms with E-state index < -0.39 is 0 Å². The van der Waals surface area contributed by atoms with Crippen molar-refractivity contribution in [2.75, 3.05) is 47.6 Å². The Balaban J connectivity index is 2.32. The lowest BCUT2D eigenvalue weighted by molar-refractivity contribution is -0.130. The molecule has 0 aliphatic carbocycles. The number of carbonyl (C=O) groups is 2. The van der Waals surface area contributed by atoms with E-state index in [0.29, 0.717) is 44.2 Å². The average Bonchev–Trinajstić information content (AvgIpc) is 3.12. The molecule has 1 aliphatic heterocycles. The Morgan fingerprint density at radius 1 is 1.19 bits per heavy atom. The molecule has 2 atom stereocenters. The van der Waals surface area contributed by atoms with Crippen LogP contribution in [0.4, 0.5) is 0 Å². The number of benzene rings is 1. The molecule has 1 N–H and O–H groups in total. The SMILES string of the molecule is CCC(=O)N1C[C@@H](C(=O)NCCOC)[C@H](c2cccc(OC)c2OC)C1. The Morgan fingerprint density at radius 3 is 2.58 bits per heavy atom. The first-order chi connectivity index (χ1) is 12.6. The van der Waals surface area contributed by atoms with Gasteiger partial charge in [0.15, 0.2) is 11.5 Å². The van der Waals surface area contributed by atoms with Crippen molar-refractivity contribution in [1.82, 2.24) is 10.2 Å². The molecule has 1 fully saturated rings. The van der Waals surface area contributed by atoms with Crippen molar-refractivity contribution < 1.29 is 23.8 Å². The molecule has 2 amide bonds. The van der Waals surface area contributed by atoms with Gasteiger partial charge < -0.3 is 24.4 Å². The second-order valence-electron chi connectivity index (χ2n) is 6.23. The molecule has 7 nitrogen and oxygen atoms in total. The summed E-state index contributed by atoms with van der Waals surface area (Å²) in [6.07, 6.45) is 0.417. The number of hydrogen-bond donors (Lipinski definition) is 1. The molecular formula is C19H28N2O5. The number of amides is 2. The average molecular weight is 364 g/mol. The Morgan fingerprint density at radius 2 is 1.96 bits per heavy atom. The van der Waals surface area contributed by atoms with E-state index in [1.54, 1.807) is 26.2 Å². The molecule has 26 heavy (non-hydrogen) atoms. The summed E-state index contributed by atoms with van der Waals surface area (Å²) >= 11 is 0. The number of para-hydroxylation sites is 1. The predicted octanol–water partition coefficient (Wildman–Crippen LogP) is 1.42. The standard InChI is InChI=1S/C19H28N2O5/c1-5-17(22)21-11-14(15(12-21)19(23)20-9-10-24-2)13-7-6-8-16(25-3)18(13)26-4/h6-8,14-15H,5,9-12H2,1-4H3,(H,20,23)/t14-,15+/m0/s1. The summed E-state index contributed by atoms with van der Waals surface area (Å²) in [4.78, 5) is 26.7. The van der Waals surface area contributed by atoms with Gasteiger partial charge in [-0.2, -0.15) is 0 Å². The second-order valence-corrected chi connectivity index (χ2v) is 6.23. The van der Waals surface area contributed by atoms with Crippen LogP contribution in [0.25, 0.3) is 0 Å². The Bertz CT molecular complexity index is 634. The second kappa shape index (κ2) is 9.43. The summed E-state index contributed by atoms with van der Waals surface area (Å²) in [5.41, 5.74) is 0.880. The van der Waals surface area contributed by atoms with Gasteiger partial charge in [-0.25, -0.2) is 0 Å². The van der Waals surface area contributed by atoms with Gasteiger partial charge in [-0.15, -0.1) is 0 Å². The van der Waals surface area contributed by atoms with Crippen LogP contribution < -0.4 is 14.8 Å². The molecule has 1 aromatic rings. The van der Waals surface area contributed by atoms with E-state index in [9.17, 15) is 9.59 Å². The Kier molecular flexibility index (Phi) is 7.26. The van der Waals surface area contributed by atoms with E-state index in [2.05, 4.69) is 5.32 Å². The third-order valence-corrected chi connectivity index (χ3v) is 4.75. The zero-order chi connectivity index (χ0) is 19.1. The Labute approximate surface area is 154 Å². The molecule has 7 heteroatoms. The highest BCUT2D eigenvalue weighted by Gasteiger charge is 2.41. The number of carbonyl (C=O) groups excluding carboxylic acids is 2. The van der Waals surface area contributed by atoms with Crippen LogP contribution in [0.3, 0.4) is 0 Å². The smallest absolute Gasteiger partial charge is 0.225 e. The first kappa shape index (κ1) is 20.0. The molecule has 0 spiro atoms. The summed E-state index contributed by atoms with van der Waals surface area (Å²) in [6.45, 7) is 3.60. The first-order valence-corrected chi connectivity index (χ1v) is 8.82. The number of rotatable bonds is 8. The van der Waals surface area contributed by atoms with Gasteiger partial charge in [-0.3, -0.25) is 9.59 Å². The third kappa shape index (κ3) is 4.27. The maximum atomic E-state index is 12.7. The minimum Gasteiger partial charge on any atom is -0.493 e. The molecule has 2 rings (SSSR count). The van der Waals surface area contributed by atoms with Crippen molar-refractivity contribution in [3.63, 3.8) is 0 Å². The largest absolute Gasteiger partial charge is 0.493 e. The van der Waals surface area contributed by atoms with Crippen molar-refractivity contribution >= 4 is 11.8 Å². The fourth-order valence-corrected chi connectivity index (χ4v) is 3.42. The lowest BCUT2D eigenvalue weighted by atomic mass is 9.87. The number of likely N-dealkylation sites (tertiary alicyclic amines) is 1. The van der Waals surface area contributed by atoms with Crippen molar-refractivity contribution in [2.24, 2.45) is 5.92 Å². The maximum absolute atomic E-state index is 12.7. The first-order valence-electron chi connectivity index (χ1n) is 8.82. The molecule has 0 aromatic heterocycles. The fourth-order valence-electron chi connectivity index (χ4n) is 3.42. The van der Waals surface area contributed by atoms with Gasteiger partial charge in [0.1, 0.15) is 0 Å². The molecule has 144 valence electrons. The van der Waals surface area contributed by atoms with E-state index in [1.807, 2.05) is 25.1 Å². The van der Waals surface area contributed by atoms with Gasteiger partial charge in [0, 0.05) is 44.6 Å². The number of methoxy groups -OCH3 is 3. The topological polar surface area (TPSA) is 77.1 Å². The molecular weight excluding hydrogens is 336 g/mol. The predicted molar refractivity (Wildman–Crippen MR) is 97.5 cm³/mol. The number of hydrogen-bond acceptors (Lipinski definition) is 5. The number of ether oxygens (including phenoxy) is 3. The van der Waals surface area contributed by atoms with Crippen molar-refractivity contribution in [3.05, 3.63) is 23.8 Å². The summed E-state index contributed by atoms with van der Waals surface area (Å²) in [6, 6.07) is 5.63. The summed E-state index contributed by atoms with van der Waals surface area (Å²) in [7, 11) is 4.75. The highest BCUT2D eigenvalue weighted by atomic mass is 16.5. The molecule has 1 saturated heterocycles. The van der Waals surface area contributed by atoms with E-state index in [-0.39, 0.29) is 23.7 Å². The van der Waals surface area contributed by atoms with Crippen molar-refractivity contribution in [1.29, 1.82) is 0 Å². The molecule has 0 radical (unpaired) electrons.